The maximum atomic E-state index is 14.4. The highest BCUT2D eigenvalue weighted by Gasteiger charge is 2.14. The van der Waals surface area contributed by atoms with Crippen LogP contribution in [0, 0.1) is 17.6 Å². The number of halogens is 2. The van der Waals surface area contributed by atoms with Gasteiger partial charge in [0.15, 0.2) is 5.88 Å². The predicted molar refractivity (Wildman–Crippen MR) is 106 cm³/mol. The summed E-state index contributed by atoms with van der Waals surface area (Å²) in [6.07, 6.45) is 3.40. The monoisotopic (exact) mass is 385 g/mol. The number of fused-ring (bicyclic) bond motifs is 1. The van der Waals surface area contributed by atoms with E-state index in [1.54, 1.807) is 18.2 Å². The second kappa shape index (κ2) is 7.98. The van der Waals surface area contributed by atoms with Crippen LogP contribution in [-0.4, -0.2) is 36.1 Å². The van der Waals surface area contributed by atoms with E-state index in [9.17, 15) is 13.9 Å². The van der Waals surface area contributed by atoms with Gasteiger partial charge >= 0.3 is 0 Å². The first-order chi connectivity index (χ1) is 13.6. The lowest BCUT2D eigenvalue weighted by molar-refractivity contribution is 0.0699. The van der Waals surface area contributed by atoms with E-state index in [1.807, 2.05) is 0 Å². The second-order valence-electron chi connectivity index (χ2n) is 6.94. The fourth-order valence-electron chi connectivity index (χ4n) is 3.38. The van der Waals surface area contributed by atoms with E-state index in [1.165, 1.54) is 24.4 Å². The summed E-state index contributed by atoms with van der Waals surface area (Å²) < 4.78 is 33.0. The van der Waals surface area contributed by atoms with Crippen molar-refractivity contribution in [3.05, 3.63) is 53.6 Å². The highest BCUT2D eigenvalue weighted by molar-refractivity contribution is 6.02. The molecule has 7 heteroatoms. The largest absolute Gasteiger partial charge is 0.494 e. The molecule has 2 aromatic carbocycles. The lowest BCUT2D eigenvalue weighted by atomic mass is 10.0. The Hall–Kier alpha value is -2.93. The van der Waals surface area contributed by atoms with E-state index in [4.69, 9.17) is 4.74 Å². The molecule has 1 aliphatic heterocycles. The van der Waals surface area contributed by atoms with Crippen LogP contribution in [0.2, 0.25) is 0 Å². The van der Waals surface area contributed by atoms with Crippen molar-refractivity contribution in [2.75, 3.05) is 25.1 Å². The molecule has 0 amide bonds. The van der Waals surface area contributed by atoms with Crippen LogP contribution in [0.3, 0.4) is 0 Å². The number of benzene rings is 2. The highest BCUT2D eigenvalue weighted by atomic mass is 19.1. The summed E-state index contributed by atoms with van der Waals surface area (Å²) in [5.41, 5.74) is 1.76. The van der Waals surface area contributed by atoms with Gasteiger partial charge in [-0.1, -0.05) is 0 Å². The van der Waals surface area contributed by atoms with Gasteiger partial charge in [-0.3, -0.25) is 4.99 Å². The van der Waals surface area contributed by atoms with Crippen LogP contribution < -0.4 is 5.32 Å². The summed E-state index contributed by atoms with van der Waals surface area (Å²) in [7, 11) is 0. The lowest BCUT2D eigenvalue weighted by Crippen LogP contribution is -2.22. The zero-order valence-electron chi connectivity index (χ0n) is 15.2. The molecule has 3 N–H and O–H groups in total. The molecule has 146 valence electrons. The van der Waals surface area contributed by atoms with Crippen LogP contribution in [0.4, 0.5) is 20.2 Å². The van der Waals surface area contributed by atoms with Crippen molar-refractivity contribution < 1.29 is 18.6 Å². The van der Waals surface area contributed by atoms with Gasteiger partial charge in [-0.25, -0.2) is 8.78 Å². The third kappa shape index (κ3) is 3.99. The van der Waals surface area contributed by atoms with Gasteiger partial charge in [0.2, 0.25) is 0 Å². The lowest BCUT2D eigenvalue weighted by Gasteiger charge is -2.22. The van der Waals surface area contributed by atoms with E-state index >= 15 is 0 Å². The highest BCUT2D eigenvalue weighted by Crippen LogP contribution is 2.28. The first-order valence-electron chi connectivity index (χ1n) is 9.25. The first-order valence-corrected chi connectivity index (χ1v) is 9.25. The van der Waals surface area contributed by atoms with Crippen molar-refractivity contribution in [1.82, 2.24) is 4.98 Å². The molecule has 1 fully saturated rings. The Morgan fingerprint density at radius 1 is 1.18 bits per heavy atom. The summed E-state index contributed by atoms with van der Waals surface area (Å²) in [5, 5.41) is 13.8. The number of anilines is 1. The van der Waals surface area contributed by atoms with Gasteiger partial charge in [0.05, 0.1) is 22.5 Å². The molecule has 5 nitrogen and oxygen atoms in total. The van der Waals surface area contributed by atoms with Crippen molar-refractivity contribution in [3.8, 4) is 5.88 Å². The minimum Gasteiger partial charge on any atom is -0.494 e. The van der Waals surface area contributed by atoms with Crippen LogP contribution in [0.25, 0.3) is 10.9 Å². The molecule has 0 atom stereocenters. The maximum Gasteiger partial charge on any atom is 0.198 e. The summed E-state index contributed by atoms with van der Waals surface area (Å²) >= 11 is 0. The van der Waals surface area contributed by atoms with Crippen LogP contribution in [0.1, 0.15) is 18.4 Å². The number of hydrogen-bond acceptors (Lipinski definition) is 4. The van der Waals surface area contributed by atoms with E-state index in [0.29, 0.717) is 40.3 Å². The SMILES string of the molecule is Oc1[nH]c2cc(F)ccc2c1C=Nc1ccc(NCC2CCOCC2)c(F)c1. The average molecular weight is 385 g/mol. The van der Waals surface area contributed by atoms with Crippen LogP contribution in [0.15, 0.2) is 41.4 Å². The third-order valence-corrected chi connectivity index (χ3v) is 5.00. The first kappa shape index (κ1) is 18.4. The molecule has 0 bridgehead atoms. The standard InChI is InChI=1S/C21H21F2N3O2/c22-14-1-3-16-17(21(27)26-20(16)9-14)12-24-15-2-4-19(18(23)10-15)25-11-13-5-7-28-8-6-13/h1-4,9-10,12-13,25-27H,5-8,11H2. The van der Waals surface area contributed by atoms with Gasteiger partial charge in [-0.15, -0.1) is 0 Å². The molecule has 0 spiro atoms. The van der Waals surface area contributed by atoms with Gasteiger partial charge in [0.25, 0.3) is 0 Å². The molecule has 3 aromatic rings. The number of nitrogens with zero attached hydrogens (tertiary/aromatic N) is 1. The molecule has 28 heavy (non-hydrogen) atoms. The maximum absolute atomic E-state index is 14.4. The van der Waals surface area contributed by atoms with E-state index in [2.05, 4.69) is 15.3 Å². The molecule has 0 aliphatic carbocycles. The quantitative estimate of drug-likeness (QED) is 0.556. The molecule has 4 rings (SSSR count). The van der Waals surface area contributed by atoms with Crippen molar-refractivity contribution in [3.63, 3.8) is 0 Å². The Morgan fingerprint density at radius 2 is 2.00 bits per heavy atom. The molecule has 0 unspecified atom stereocenters. The zero-order chi connectivity index (χ0) is 19.5. The van der Waals surface area contributed by atoms with E-state index in [-0.39, 0.29) is 11.7 Å². The van der Waals surface area contributed by atoms with Crippen LogP contribution in [-0.2, 0) is 4.74 Å². The van der Waals surface area contributed by atoms with Gasteiger partial charge in [-0.2, -0.15) is 0 Å². The molecular formula is C21H21F2N3O2. The van der Waals surface area contributed by atoms with E-state index < -0.39 is 5.82 Å². The van der Waals surface area contributed by atoms with Crippen LogP contribution in [0.5, 0.6) is 5.88 Å². The second-order valence-corrected chi connectivity index (χ2v) is 6.94. The predicted octanol–water partition coefficient (Wildman–Crippen LogP) is 4.74. The minimum absolute atomic E-state index is 0.112. The smallest absolute Gasteiger partial charge is 0.198 e. The van der Waals surface area contributed by atoms with Crippen molar-refractivity contribution in [2.45, 2.75) is 12.8 Å². The molecule has 0 radical (unpaired) electrons. The molecule has 1 aliphatic rings. The van der Waals surface area contributed by atoms with Gasteiger partial charge < -0.3 is 20.1 Å². The van der Waals surface area contributed by atoms with Gasteiger partial charge in [-0.05, 0) is 49.1 Å². The summed E-state index contributed by atoms with van der Waals surface area (Å²) in [5.74, 6) is -0.407. The molecule has 1 aromatic heterocycles. The number of rotatable bonds is 5. The van der Waals surface area contributed by atoms with Crippen LogP contribution >= 0.6 is 0 Å². The number of hydrogen-bond donors (Lipinski definition) is 3. The van der Waals surface area contributed by atoms with Crippen molar-refractivity contribution in [1.29, 1.82) is 0 Å². The fraction of sp³-hybridized carbons (Fsp3) is 0.286. The fourth-order valence-corrected chi connectivity index (χ4v) is 3.38. The van der Waals surface area contributed by atoms with Gasteiger partial charge in [0, 0.05) is 37.4 Å². The molecule has 0 saturated carbocycles. The Balaban J connectivity index is 1.48. The third-order valence-electron chi connectivity index (χ3n) is 5.00. The Kier molecular flexibility index (Phi) is 5.25. The average Bonchev–Trinajstić information content (AvgIpc) is 3.00. The number of ether oxygens (including phenoxy) is 1. The van der Waals surface area contributed by atoms with Gasteiger partial charge in [0.1, 0.15) is 11.6 Å². The summed E-state index contributed by atoms with van der Waals surface area (Å²) in [4.78, 5) is 6.95. The number of aliphatic imine (C=N–C) groups is 1. The number of aromatic hydroxyl groups is 1. The Labute approximate surface area is 161 Å². The number of aromatic nitrogens is 1. The number of H-pyrrole nitrogens is 1. The minimum atomic E-state index is -0.400. The normalized spacial score (nSPS) is 15.5. The zero-order valence-corrected chi connectivity index (χ0v) is 15.2. The summed E-state index contributed by atoms with van der Waals surface area (Å²) in [6.45, 7) is 2.23. The number of aromatic amines is 1. The summed E-state index contributed by atoms with van der Waals surface area (Å²) in [6, 6.07) is 8.88. The molecule has 1 saturated heterocycles. The Morgan fingerprint density at radius 3 is 2.79 bits per heavy atom. The molecular weight excluding hydrogens is 364 g/mol. The van der Waals surface area contributed by atoms with Crippen molar-refractivity contribution in [2.24, 2.45) is 10.9 Å². The van der Waals surface area contributed by atoms with Crippen molar-refractivity contribution >= 4 is 28.5 Å². The molecule has 2 heterocycles. The van der Waals surface area contributed by atoms with E-state index in [0.717, 1.165) is 26.1 Å². The Bertz CT molecular complexity index is 1010. The topological polar surface area (TPSA) is 69.6 Å². The number of nitrogens with one attached hydrogen (secondary N) is 2.